The maximum Gasteiger partial charge on any atom is 0.248 e. The van der Waals surface area contributed by atoms with Crippen LogP contribution < -0.4 is 23.8 Å². The highest BCUT2D eigenvalue weighted by Gasteiger charge is 2.49. The first-order valence-corrected chi connectivity index (χ1v) is 18.8. The van der Waals surface area contributed by atoms with Gasteiger partial charge in [-0.3, -0.25) is 14.5 Å². The van der Waals surface area contributed by atoms with Gasteiger partial charge in [-0.25, -0.2) is 0 Å². The Morgan fingerprint density at radius 3 is 2.13 bits per heavy atom. The number of methoxy groups -OCH3 is 3. The Balaban J connectivity index is 0.00000541. The standard InChI is InChI=1S/C42H49N3O6S.ClH/c1-43-34-17-9-11-19-38(34)52-42(41(43)47,30-31-14-6-5-7-15-31)33-16-8-10-18-35(33)51-27-13-12-22-44-23-25-45(26-24-44)39(46)21-20-32-28-36(48-2)40(50-4)37(29-32)49-3;/h5-11,14-19,28-29H,12-13,20-27,30H2,1-4H3;1H. The SMILES string of the molecule is COc1cc(CCC(=O)N2CCN(CCCCOc3ccccc3C3(Cc4ccccc4)Sc4ccccc4N(C)C3=O)CC2)cc(OC)c1OC.Cl. The highest BCUT2D eigenvalue weighted by Crippen LogP contribution is 2.54. The van der Waals surface area contributed by atoms with E-state index in [1.54, 1.807) is 38.0 Å². The molecule has 1 fully saturated rings. The third-order valence-corrected chi connectivity index (χ3v) is 11.4. The first-order chi connectivity index (χ1) is 25.4. The van der Waals surface area contributed by atoms with Crippen molar-refractivity contribution >= 4 is 41.7 Å². The average molecular weight is 760 g/mol. The lowest BCUT2D eigenvalue weighted by Gasteiger charge is -2.41. The number of rotatable bonds is 15. The molecule has 0 aliphatic carbocycles. The summed E-state index contributed by atoms with van der Waals surface area (Å²) < 4.78 is 22.0. The normalized spacial score (nSPS) is 17.1. The quantitative estimate of drug-likeness (QED) is 0.117. The van der Waals surface area contributed by atoms with Crippen molar-refractivity contribution in [2.75, 3.05) is 72.6 Å². The average Bonchev–Trinajstić information content (AvgIpc) is 3.19. The van der Waals surface area contributed by atoms with E-state index in [0.29, 0.717) is 43.1 Å². The number of thioether (sulfide) groups is 1. The summed E-state index contributed by atoms with van der Waals surface area (Å²) in [6.45, 7) is 4.68. The molecule has 6 rings (SSSR count). The second-order valence-electron chi connectivity index (χ2n) is 13.2. The minimum atomic E-state index is -0.869. The maximum absolute atomic E-state index is 14.4. The number of nitrogens with zero attached hydrogens (tertiary/aromatic N) is 3. The monoisotopic (exact) mass is 759 g/mol. The number of halogens is 1. The fraction of sp³-hybridized carbons (Fsp3) is 0.381. The summed E-state index contributed by atoms with van der Waals surface area (Å²) in [4.78, 5) is 34.7. The second-order valence-corrected chi connectivity index (χ2v) is 14.6. The molecular formula is C42H50ClN3O6S. The van der Waals surface area contributed by atoms with Crippen LogP contribution >= 0.6 is 24.2 Å². The molecule has 11 heteroatoms. The Bertz CT molecular complexity index is 1810. The van der Waals surface area contributed by atoms with Crippen molar-refractivity contribution in [2.45, 2.75) is 41.7 Å². The number of carbonyl (C=O) groups is 2. The van der Waals surface area contributed by atoms with Crippen molar-refractivity contribution in [1.82, 2.24) is 9.80 Å². The van der Waals surface area contributed by atoms with Gasteiger partial charge in [-0.1, -0.05) is 60.7 Å². The van der Waals surface area contributed by atoms with Crippen LogP contribution in [0.5, 0.6) is 23.0 Å². The first-order valence-electron chi connectivity index (χ1n) is 18.0. The molecule has 0 saturated carbocycles. The molecule has 9 nitrogen and oxygen atoms in total. The van der Waals surface area contributed by atoms with E-state index in [1.165, 1.54) is 0 Å². The van der Waals surface area contributed by atoms with Crippen LogP contribution in [0.2, 0.25) is 0 Å². The number of carbonyl (C=O) groups excluding carboxylic acids is 2. The molecule has 0 aromatic heterocycles. The first kappa shape index (κ1) is 39.8. The maximum atomic E-state index is 14.4. The van der Waals surface area contributed by atoms with E-state index in [0.717, 1.165) is 78.6 Å². The molecule has 2 aliphatic rings. The summed E-state index contributed by atoms with van der Waals surface area (Å²) in [5.41, 5.74) is 3.91. The number of para-hydroxylation sites is 2. The number of unbranched alkanes of at least 4 members (excludes halogenated alkanes) is 1. The minimum Gasteiger partial charge on any atom is -0.493 e. The van der Waals surface area contributed by atoms with Gasteiger partial charge in [-0.15, -0.1) is 24.2 Å². The molecule has 2 heterocycles. The molecule has 2 aliphatic heterocycles. The van der Waals surface area contributed by atoms with E-state index in [1.807, 2.05) is 78.7 Å². The Kier molecular flexibility index (Phi) is 14.0. The van der Waals surface area contributed by atoms with Crippen molar-refractivity contribution in [2.24, 2.45) is 0 Å². The van der Waals surface area contributed by atoms with Gasteiger partial charge in [0.2, 0.25) is 17.6 Å². The molecule has 1 atom stereocenters. The molecule has 1 unspecified atom stereocenters. The lowest BCUT2D eigenvalue weighted by molar-refractivity contribution is -0.132. The summed E-state index contributed by atoms with van der Waals surface area (Å²) in [5, 5.41) is 0. The summed E-state index contributed by atoms with van der Waals surface area (Å²) >= 11 is 1.63. The molecule has 0 bridgehead atoms. The van der Waals surface area contributed by atoms with E-state index >= 15 is 0 Å². The van der Waals surface area contributed by atoms with Gasteiger partial charge < -0.3 is 28.7 Å². The number of aryl methyl sites for hydroxylation is 1. The van der Waals surface area contributed by atoms with Gasteiger partial charge in [0.15, 0.2) is 11.5 Å². The number of piperazine rings is 1. The smallest absolute Gasteiger partial charge is 0.248 e. The predicted molar refractivity (Wildman–Crippen MR) is 213 cm³/mol. The molecule has 0 spiro atoms. The Hall–Kier alpha value is -4.38. The highest BCUT2D eigenvalue weighted by molar-refractivity contribution is 8.01. The lowest BCUT2D eigenvalue weighted by atomic mass is 9.88. The molecule has 4 aromatic rings. The van der Waals surface area contributed by atoms with Crippen LogP contribution in [-0.4, -0.2) is 89.3 Å². The zero-order valence-corrected chi connectivity index (χ0v) is 32.7. The van der Waals surface area contributed by atoms with Crippen LogP contribution in [0.4, 0.5) is 5.69 Å². The number of amides is 2. The number of ether oxygens (including phenoxy) is 4. The summed E-state index contributed by atoms with van der Waals surface area (Å²) in [7, 11) is 6.65. The molecular weight excluding hydrogens is 710 g/mol. The summed E-state index contributed by atoms with van der Waals surface area (Å²) in [6, 6.07) is 30.2. The van der Waals surface area contributed by atoms with Crippen molar-refractivity contribution in [3.05, 3.63) is 108 Å². The van der Waals surface area contributed by atoms with Crippen molar-refractivity contribution in [3.8, 4) is 23.0 Å². The van der Waals surface area contributed by atoms with Crippen LogP contribution in [-0.2, 0) is 27.2 Å². The molecule has 53 heavy (non-hydrogen) atoms. The Labute approximate surface area is 323 Å². The van der Waals surface area contributed by atoms with E-state index in [9.17, 15) is 9.59 Å². The van der Waals surface area contributed by atoms with Gasteiger partial charge in [0.25, 0.3) is 0 Å². The van der Waals surface area contributed by atoms with Gasteiger partial charge in [-0.05, 0) is 67.3 Å². The molecule has 2 amide bonds. The Morgan fingerprint density at radius 2 is 1.43 bits per heavy atom. The topological polar surface area (TPSA) is 80.8 Å². The number of anilines is 1. The van der Waals surface area contributed by atoms with Crippen LogP contribution in [0.3, 0.4) is 0 Å². The van der Waals surface area contributed by atoms with Gasteiger partial charge in [0.05, 0.1) is 33.6 Å². The largest absolute Gasteiger partial charge is 0.493 e. The van der Waals surface area contributed by atoms with Crippen LogP contribution in [0.15, 0.2) is 95.9 Å². The number of likely N-dealkylation sites (N-methyl/N-ethyl adjacent to an activating group) is 1. The third kappa shape index (κ3) is 9.05. The van der Waals surface area contributed by atoms with Crippen LogP contribution in [0, 0.1) is 0 Å². The van der Waals surface area contributed by atoms with E-state index in [2.05, 4.69) is 29.2 Å². The number of benzene rings is 4. The molecule has 282 valence electrons. The fourth-order valence-electron chi connectivity index (χ4n) is 7.15. The van der Waals surface area contributed by atoms with E-state index in [4.69, 9.17) is 18.9 Å². The van der Waals surface area contributed by atoms with Gasteiger partial charge in [0, 0.05) is 56.5 Å². The van der Waals surface area contributed by atoms with Gasteiger partial charge >= 0.3 is 0 Å². The van der Waals surface area contributed by atoms with E-state index in [-0.39, 0.29) is 24.2 Å². The van der Waals surface area contributed by atoms with Crippen LogP contribution in [0.1, 0.15) is 36.0 Å². The van der Waals surface area contributed by atoms with Crippen LogP contribution in [0.25, 0.3) is 0 Å². The third-order valence-electron chi connectivity index (χ3n) is 9.98. The van der Waals surface area contributed by atoms with Gasteiger partial charge in [0.1, 0.15) is 10.5 Å². The zero-order chi connectivity index (χ0) is 36.5. The zero-order valence-electron chi connectivity index (χ0n) is 31.0. The van der Waals surface area contributed by atoms with E-state index < -0.39 is 4.75 Å². The second kappa shape index (κ2) is 18.6. The number of fused-ring (bicyclic) bond motifs is 1. The van der Waals surface area contributed by atoms with Gasteiger partial charge in [-0.2, -0.15) is 0 Å². The molecule has 0 N–H and O–H groups in total. The summed E-state index contributed by atoms with van der Waals surface area (Å²) in [5.74, 6) is 2.71. The number of hydrogen-bond acceptors (Lipinski definition) is 8. The Morgan fingerprint density at radius 1 is 0.774 bits per heavy atom. The predicted octanol–water partition coefficient (Wildman–Crippen LogP) is 7.28. The number of hydrogen-bond donors (Lipinski definition) is 0. The summed E-state index contributed by atoms with van der Waals surface area (Å²) in [6.07, 6.45) is 3.45. The highest BCUT2D eigenvalue weighted by atomic mass is 35.5. The van der Waals surface area contributed by atoms with Crippen molar-refractivity contribution in [3.63, 3.8) is 0 Å². The van der Waals surface area contributed by atoms with Crippen molar-refractivity contribution in [1.29, 1.82) is 0 Å². The molecule has 0 radical (unpaired) electrons. The minimum absolute atomic E-state index is 0. The fourth-order valence-corrected chi connectivity index (χ4v) is 8.72. The van der Waals surface area contributed by atoms with Crippen molar-refractivity contribution < 1.29 is 28.5 Å². The molecule has 1 saturated heterocycles. The molecule has 4 aromatic carbocycles. The lowest BCUT2D eigenvalue weighted by Crippen LogP contribution is -2.48.